The lowest BCUT2D eigenvalue weighted by molar-refractivity contribution is 0.115. The molecule has 1 fully saturated rings. The van der Waals surface area contributed by atoms with Gasteiger partial charge in [0.2, 0.25) is 0 Å². The second-order valence-corrected chi connectivity index (χ2v) is 5.03. The average Bonchev–Trinajstić information content (AvgIpc) is 2.46. The van der Waals surface area contributed by atoms with Crippen molar-refractivity contribution in [2.45, 2.75) is 19.4 Å². The van der Waals surface area contributed by atoms with E-state index < -0.39 is 0 Å². The van der Waals surface area contributed by atoms with Gasteiger partial charge < -0.3 is 9.84 Å². The topological polar surface area (TPSA) is 32.7 Å². The molecule has 1 atom stereocenters. The standard InChI is InChI=1S/C16H21NO2/c1-2-10-19-16-8-4-3-7-15(16)12-17-9-5-6-14(11-17)13-18/h1,3-4,7-8,14,18H,5-6,9-13H2. The van der Waals surface area contributed by atoms with Crippen molar-refractivity contribution in [3.05, 3.63) is 29.8 Å². The summed E-state index contributed by atoms with van der Waals surface area (Å²) in [5, 5.41) is 9.27. The minimum absolute atomic E-state index is 0.283. The van der Waals surface area contributed by atoms with Crippen LogP contribution in [-0.4, -0.2) is 36.3 Å². The predicted octanol–water partition coefficient (Wildman–Crippen LogP) is 1.90. The van der Waals surface area contributed by atoms with E-state index in [1.807, 2.05) is 18.2 Å². The van der Waals surface area contributed by atoms with Gasteiger partial charge in [0, 0.05) is 25.3 Å². The molecule has 1 N–H and O–H groups in total. The molecule has 0 spiro atoms. The lowest BCUT2D eigenvalue weighted by Crippen LogP contribution is -2.36. The number of rotatable bonds is 5. The zero-order valence-electron chi connectivity index (χ0n) is 11.2. The van der Waals surface area contributed by atoms with Gasteiger partial charge in [0.15, 0.2) is 0 Å². The molecule has 3 heteroatoms. The van der Waals surface area contributed by atoms with Gasteiger partial charge in [-0.3, -0.25) is 4.90 Å². The Morgan fingerprint density at radius 3 is 3.05 bits per heavy atom. The summed E-state index contributed by atoms with van der Waals surface area (Å²) in [4.78, 5) is 2.38. The van der Waals surface area contributed by atoms with Crippen LogP contribution in [0.15, 0.2) is 24.3 Å². The molecule has 102 valence electrons. The van der Waals surface area contributed by atoms with E-state index in [4.69, 9.17) is 11.2 Å². The third kappa shape index (κ3) is 3.99. The summed E-state index contributed by atoms with van der Waals surface area (Å²) in [5.74, 6) is 3.77. The average molecular weight is 259 g/mol. The van der Waals surface area contributed by atoms with Crippen LogP contribution in [0.1, 0.15) is 18.4 Å². The van der Waals surface area contributed by atoms with Crippen molar-refractivity contribution in [3.63, 3.8) is 0 Å². The number of ether oxygens (including phenoxy) is 1. The fourth-order valence-electron chi connectivity index (χ4n) is 2.58. The van der Waals surface area contributed by atoms with E-state index in [1.165, 1.54) is 0 Å². The maximum absolute atomic E-state index is 9.27. The number of nitrogens with zero attached hydrogens (tertiary/aromatic N) is 1. The molecule has 2 rings (SSSR count). The first-order valence-electron chi connectivity index (χ1n) is 6.81. The maximum atomic E-state index is 9.27. The summed E-state index contributed by atoms with van der Waals surface area (Å²) in [6.45, 7) is 3.49. The van der Waals surface area contributed by atoms with Crippen LogP contribution in [0.3, 0.4) is 0 Å². The van der Waals surface area contributed by atoms with Crippen molar-refractivity contribution in [3.8, 4) is 18.1 Å². The minimum Gasteiger partial charge on any atom is -0.481 e. The molecule has 19 heavy (non-hydrogen) atoms. The van der Waals surface area contributed by atoms with Crippen LogP contribution in [0.2, 0.25) is 0 Å². The fourth-order valence-corrected chi connectivity index (χ4v) is 2.58. The Bertz CT molecular complexity index is 439. The van der Waals surface area contributed by atoms with Gasteiger partial charge in [-0.2, -0.15) is 0 Å². The molecular weight excluding hydrogens is 238 g/mol. The van der Waals surface area contributed by atoms with Gasteiger partial charge >= 0.3 is 0 Å². The van der Waals surface area contributed by atoms with Gasteiger partial charge in [0.1, 0.15) is 12.4 Å². The van der Waals surface area contributed by atoms with E-state index in [0.29, 0.717) is 12.5 Å². The van der Waals surface area contributed by atoms with Gasteiger partial charge in [-0.1, -0.05) is 24.1 Å². The second kappa shape index (κ2) is 7.18. The number of benzene rings is 1. The Kier molecular flexibility index (Phi) is 5.26. The Morgan fingerprint density at radius 2 is 2.26 bits per heavy atom. The third-order valence-corrected chi connectivity index (χ3v) is 3.54. The zero-order valence-corrected chi connectivity index (χ0v) is 11.2. The molecule has 1 aliphatic rings. The first-order chi connectivity index (χ1) is 9.33. The van der Waals surface area contributed by atoms with Crippen molar-refractivity contribution in [1.82, 2.24) is 4.90 Å². The van der Waals surface area contributed by atoms with E-state index in [1.54, 1.807) is 0 Å². The molecule has 0 radical (unpaired) electrons. The van der Waals surface area contributed by atoms with Crippen LogP contribution in [0.4, 0.5) is 0 Å². The number of hydrogen-bond donors (Lipinski definition) is 1. The Labute approximate surface area is 115 Å². The number of piperidine rings is 1. The third-order valence-electron chi connectivity index (χ3n) is 3.54. The van der Waals surface area contributed by atoms with E-state index >= 15 is 0 Å². The van der Waals surface area contributed by atoms with Crippen molar-refractivity contribution in [1.29, 1.82) is 0 Å². The molecule has 1 aromatic rings. The molecule has 1 unspecified atom stereocenters. The largest absolute Gasteiger partial charge is 0.481 e. The Morgan fingerprint density at radius 1 is 1.42 bits per heavy atom. The highest BCUT2D eigenvalue weighted by Gasteiger charge is 2.20. The highest BCUT2D eigenvalue weighted by molar-refractivity contribution is 5.33. The summed E-state index contributed by atoms with van der Waals surface area (Å²) in [7, 11) is 0. The molecule has 0 amide bonds. The van der Waals surface area contributed by atoms with Crippen LogP contribution >= 0.6 is 0 Å². The van der Waals surface area contributed by atoms with E-state index in [9.17, 15) is 5.11 Å². The maximum Gasteiger partial charge on any atom is 0.148 e. The molecule has 1 aliphatic heterocycles. The number of hydrogen-bond acceptors (Lipinski definition) is 3. The summed E-state index contributed by atoms with van der Waals surface area (Å²) >= 11 is 0. The van der Waals surface area contributed by atoms with Crippen LogP contribution in [0, 0.1) is 18.3 Å². The number of aliphatic hydroxyl groups is 1. The van der Waals surface area contributed by atoms with Crippen LogP contribution in [0.5, 0.6) is 5.75 Å². The van der Waals surface area contributed by atoms with Gasteiger partial charge in [-0.05, 0) is 31.4 Å². The van der Waals surface area contributed by atoms with Crippen LogP contribution < -0.4 is 4.74 Å². The number of terminal acetylenes is 1. The van der Waals surface area contributed by atoms with Gasteiger partial charge in [-0.25, -0.2) is 0 Å². The monoisotopic (exact) mass is 259 g/mol. The van der Waals surface area contributed by atoms with Crippen LogP contribution in [-0.2, 0) is 6.54 Å². The molecule has 1 aromatic carbocycles. The van der Waals surface area contributed by atoms with Crippen LogP contribution in [0.25, 0.3) is 0 Å². The van der Waals surface area contributed by atoms with E-state index in [0.717, 1.165) is 43.8 Å². The molecule has 1 heterocycles. The van der Waals surface area contributed by atoms with Gasteiger partial charge in [0.25, 0.3) is 0 Å². The first kappa shape index (κ1) is 13.9. The highest BCUT2D eigenvalue weighted by atomic mass is 16.5. The smallest absolute Gasteiger partial charge is 0.148 e. The number of likely N-dealkylation sites (tertiary alicyclic amines) is 1. The van der Waals surface area contributed by atoms with Crippen molar-refractivity contribution in [2.75, 3.05) is 26.3 Å². The highest BCUT2D eigenvalue weighted by Crippen LogP contribution is 2.23. The number of para-hydroxylation sites is 1. The molecule has 0 saturated carbocycles. The molecular formula is C16H21NO2. The summed E-state index contributed by atoms with van der Waals surface area (Å²) in [6.07, 6.45) is 7.51. The van der Waals surface area contributed by atoms with Crippen molar-refractivity contribution >= 4 is 0 Å². The summed E-state index contributed by atoms with van der Waals surface area (Å²) < 4.78 is 5.57. The summed E-state index contributed by atoms with van der Waals surface area (Å²) in [5.41, 5.74) is 1.16. The predicted molar refractivity (Wildman–Crippen MR) is 75.9 cm³/mol. The lowest BCUT2D eigenvalue weighted by Gasteiger charge is -2.32. The lowest BCUT2D eigenvalue weighted by atomic mass is 9.98. The van der Waals surface area contributed by atoms with E-state index in [2.05, 4.69) is 16.9 Å². The quantitative estimate of drug-likeness (QED) is 0.820. The fraction of sp³-hybridized carbons (Fsp3) is 0.500. The Hall–Kier alpha value is -1.50. The second-order valence-electron chi connectivity index (χ2n) is 5.03. The molecule has 0 bridgehead atoms. The molecule has 0 aromatic heterocycles. The summed E-state index contributed by atoms with van der Waals surface area (Å²) in [6, 6.07) is 8.02. The van der Waals surface area contributed by atoms with E-state index in [-0.39, 0.29) is 6.61 Å². The first-order valence-corrected chi connectivity index (χ1v) is 6.81. The molecule has 0 aliphatic carbocycles. The minimum atomic E-state index is 0.283. The van der Waals surface area contributed by atoms with Crippen molar-refractivity contribution in [2.24, 2.45) is 5.92 Å². The van der Waals surface area contributed by atoms with Gasteiger partial charge in [-0.15, -0.1) is 6.42 Å². The number of aliphatic hydroxyl groups excluding tert-OH is 1. The molecule has 1 saturated heterocycles. The van der Waals surface area contributed by atoms with Gasteiger partial charge in [0.05, 0.1) is 0 Å². The normalized spacial score (nSPS) is 19.9. The van der Waals surface area contributed by atoms with Crippen molar-refractivity contribution < 1.29 is 9.84 Å². The Balaban J connectivity index is 2.00. The molecule has 3 nitrogen and oxygen atoms in total. The SMILES string of the molecule is C#CCOc1ccccc1CN1CCCC(CO)C1. The zero-order chi connectivity index (χ0) is 13.5.